The molecule has 1 amide bonds. The van der Waals surface area contributed by atoms with Crippen molar-refractivity contribution >= 4 is 17.5 Å². The van der Waals surface area contributed by atoms with Crippen LogP contribution in [0.2, 0.25) is 5.02 Å². The van der Waals surface area contributed by atoms with E-state index in [1.54, 1.807) is 0 Å². The molecule has 3 rings (SSSR count). The molecular weight excluding hydrogens is 372 g/mol. The Balaban J connectivity index is 1.50. The summed E-state index contributed by atoms with van der Waals surface area (Å²) in [6, 6.07) is 17.1. The first kappa shape index (κ1) is 20.1. The average molecular weight is 397 g/mol. The van der Waals surface area contributed by atoms with Crippen LogP contribution in [0.15, 0.2) is 54.6 Å². The maximum absolute atomic E-state index is 12.0. The highest BCUT2D eigenvalue weighted by Crippen LogP contribution is 2.19. The quantitative estimate of drug-likeness (QED) is 0.570. The minimum absolute atomic E-state index is 0.0534. The first-order valence-electron chi connectivity index (χ1n) is 9.36. The Morgan fingerprint density at radius 1 is 1.04 bits per heavy atom. The molecule has 0 fully saturated rings. The van der Waals surface area contributed by atoms with E-state index >= 15 is 0 Å². The van der Waals surface area contributed by atoms with Gasteiger partial charge in [-0.05, 0) is 37.6 Å². The summed E-state index contributed by atoms with van der Waals surface area (Å²) in [6.45, 7) is 6.71. The molecule has 0 saturated carbocycles. The largest absolute Gasteiger partial charge is 0.351 e. The smallest absolute Gasteiger partial charge is 0.251 e. The van der Waals surface area contributed by atoms with E-state index in [1.165, 1.54) is 5.56 Å². The van der Waals surface area contributed by atoms with Gasteiger partial charge in [-0.1, -0.05) is 48.0 Å². The molecule has 0 saturated heterocycles. The number of hydrogen-bond donors (Lipinski definition) is 2. The Labute approximate surface area is 170 Å². The van der Waals surface area contributed by atoms with Crippen LogP contribution in [0.3, 0.4) is 0 Å². The van der Waals surface area contributed by atoms with Crippen LogP contribution in [-0.2, 0) is 13.1 Å². The standard InChI is InChI=1S/C22H25ClN4O/c1-16-20(14-24-12-13-25-22(28)18-8-4-3-5-9-18)17(2)27(26-16)15-19-10-6-7-11-21(19)23/h3-11,24H,12-15H2,1-2H3,(H,25,28). The Bertz CT molecular complexity index is 937. The molecule has 0 aliphatic rings. The third kappa shape index (κ3) is 5.00. The lowest BCUT2D eigenvalue weighted by Crippen LogP contribution is -2.31. The summed E-state index contributed by atoms with van der Waals surface area (Å²) < 4.78 is 1.99. The van der Waals surface area contributed by atoms with Gasteiger partial charge in [0.1, 0.15) is 0 Å². The second-order valence-electron chi connectivity index (χ2n) is 6.70. The number of halogens is 1. The molecule has 1 heterocycles. The lowest BCUT2D eigenvalue weighted by molar-refractivity contribution is 0.0954. The van der Waals surface area contributed by atoms with E-state index in [2.05, 4.69) is 22.7 Å². The predicted molar refractivity (Wildman–Crippen MR) is 113 cm³/mol. The normalized spacial score (nSPS) is 10.8. The fraction of sp³-hybridized carbons (Fsp3) is 0.273. The van der Waals surface area contributed by atoms with E-state index in [9.17, 15) is 4.79 Å². The lowest BCUT2D eigenvalue weighted by atomic mass is 10.2. The zero-order valence-electron chi connectivity index (χ0n) is 16.2. The van der Waals surface area contributed by atoms with Crippen molar-refractivity contribution in [3.8, 4) is 0 Å². The van der Waals surface area contributed by atoms with Crippen LogP contribution in [0.25, 0.3) is 0 Å². The zero-order valence-corrected chi connectivity index (χ0v) is 17.0. The number of carbonyl (C=O) groups is 1. The van der Waals surface area contributed by atoms with Gasteiger partial charge in [0.25, 0.3) is 5.91 Å². The van der Waals surface area contributed by atoms with Crippen molar-refractivity contribution in [3.63, 3.8) is 0 Å². The molecule has 0 radical (unpaired) electrons. The van der Waals surface area contributed by atoms with E-state index in [0.717, 1.165) is 22.0 Å². The van der Waals surface area contributed by atoms with Crippen molar-refractivity contribution in [1.82, 2.24) is 20.4 Å². The molecule has 5 nitrogen and oxygen atoms in total. The van der Waals surface area contributed by atoms with Crippen molar-refractivity contribution in [1.29, 1.82) is 0 Å². The van der Waals surface area contributed by atoms with Gasteiger partial charge in [-0.25, -0.2) is 0 Å². The van der Waals surface area contributed by atoms with Gasteiger partial charge in [-0.3, -0.25) is 9.48 Å². The molecule has 0 atom stereocenters. The van der Waals surface area contributed by atoms with Gasteiger partial charge in [0, 0.05) is 41.5 Å². The molecule has 0 aliphatic carbocycles. The lowest BCUT2D eigenvalue weighted by Gasteiger charge is -2.09. The van der Waals surface area contributed by atoms with E-state index in [4.69, 9.17) is 11.6 Å². The van der Waals surface area contributed by atoms with Crippen LogP contribution in [0, 0.1) is 13.8 Å². The maximum atomic E-state index is 12.0. The Morgan fingerprint density at radius 2 is 1.75 bits per heavy atom. The number of hydrogen-bond acceptors (Lipinski definition) is 3. The minimum atomic E-state index is -0.0534. The summed E-state index contributed by atoms with van der Waals surface area (Å²) in [6.07, 6.45) is 0. The first-order chi connectivity index (χ1) is 13.6. The highest BCUT2D eigenvalue weighted by Gasteiger charge is 2.12. The van der Waals surface area contributed by atoms with Crippen LogP contribution < -0.4 is 10.6 Å². The number of rotatable bonds is 8. The SMILES string of the molecule is Cc1nn(Cc2ccccc2Cl)c(C)c1CNCCNC(=O)c1ccccc1. The number of nitrogens with one attached hydrogen (secondary N) is 2. The molecule has 0 aliphatic heterocycles. The molecule has 1 aromatic heterocycles. The van der Waals surface area contributed by atoms with Gasteiger partial charge in [-0.15, -0.1) is 0 Å². The third-order valence-electron chi connectivity index (χ3n) is 4.73. The molecular formula is C22H25ClN4O. The molecule has 2 N–H and O–H groups in total. The summed E-state index contributed by atoms with van der Waals surface area (Å²) >= 11 is 6.27. The fourth-order valence-electron chi connectivity index (χ4n) is 3.10. The van der Waals surface area contributed by atoms with Gasteiger partial charge < -0.3 is 10.6 Å². The number of aromatic nitrogens is 2. The van der Waals surface area contributed by atoms with Gasteiger partial charge in [0.15, 0.2) is 0 Å². The Hall–Kier alpha value is -2.63. The monoisotopic (exact) mass is 396 g/mol. The highest BCUT2D eigenvalue weighted by atomic mass is 35.5. The molecule has 146 valence electrons. The van der Waals surface area contributed by atoms with Gasteiger partial charge >= 0.3 is 0 Å². The van der Waals surface area contributed by atoms with E-state index in [1.807, 2.05) is 66.2 Å². The minimum Gasteiger partial charge on any atom is -0.351 e. The van der Waals surface area contributed by atoms with Gasteiger partial charge in [-0.2, -0.15) is 5.10 Å². The number of benzene rings is 2. The predicted octanol–water partition coefficient (Wildman–Crippen LogP) is 3.72. The molecule has 3 aromatic rings. The Kier molecular flexibility index (Phi) is 6.85. The molecule has 0 unspecified atom stereocenters. The summed E-state index contributed by atoms with van der Waals surface area (Å²) in [5.74, 6) is -0.0534. The van der Waals surface area contributed by atoms with E-state index in [0.29, 0.717) is 31.7 Å². The van der Waals surface area contributed by atoms with Crippen molar-refractivity contribution in [3.05, 3.63) is 87.7 Å². The maximum Gasteiger partial charge on any atom is 0.251 e. The molecule has 0 bridgehead atoms. The van der Waals surface area contributed by atoms with Gasteiger partial charge in [0.05, 0.1) is 12.2 Å². The van der Waals surface area contributed by atoms with Crippen LogP contribution in [0.5, 0.6) is 0 Å². The van der Waals surface area contributed by atoms with Gasteiger partial charge in [0.2, 0.25) is 0 Å². The molecule has 28 heavy (non-hydrogen) atoms. The van der Waals surface area contributed by atoms with Crippen LogP contribution >= 0.6 is 11.6 Å². The fourth-order valence-corrected chi connectivity index (χ4v) is 3.30. The number of nitrogens with zero attached hydrogens (tertiary/aromatic N) is 2. The van der Waals surface area contributed by atoms with Crippen LogP contribution in [-0.4, -0.2) is 28.8 Å². The molecule has 0 spiro atoms. The van der Waals surface area contributed by atoms with E-state index < -0.39 is 0 Å². The topological polar surface area (TPSA) is 59.0 Å². The van der Waals surface area contributed by atoms with Crippen LogP contribution in [0.4, 0.5) is 0 Å². The molecule has 2 aromatic carbocycles. The first-order valence-corrected chi connectivity index (χ1v) is 9.74. The Morgan fingerprint density at radius 3 is 2.50 bits per heavy atom. The second kappa shape index (κ2) is 9.53. The number of aryl methyl sites for hydroxylation is 1. The summed E-state index contributed by atoms with van der Waals surface area (Å²) in [4.78, 5) is 12.0. The van der Waals surface area contributed by atoms with Crippen molar-refractivity contribution in [2.24, 2.45) is 0 Å². The second-order valence-corrected chi connectivity index (χ2v) is 7.10. The summed E-state index contributed by atoms with van der Waals surface area (Å²) in [7, 11) is 0. The number of carbonyl (C=O) groups excluding carboxylic acids is 1. The van der Waals surface area contributed by atoms with Crippen molar-refractivity contribution < 1.29 is 4.79 Å². The van der Waals surface area contributed by atoms with E-state index in [-0.39, 0.29) is 5.91 Å². The zero-order chi connectivity index (χ0) is 19.9. The van der Waals surface area contributed by atoms with Crippen molar-refractivity contribution in [2.75, 3.05) is 13.1 Å². The van der Waals surface area contributed by atoms with Crippen LogP contribution in [0.1, 0.15) is 32.9 Å². The number of amides is 1. The summed E-state index contributed by atoms with van der Waals surface area (Å²) in [5.41, 5.74) is 5.04. The van der Waals surface area contributed by atoms with Crippen molar-refractivity contribution in [2.45, 2.75) is 26.9 Å². The average Bonchev–Trinajstić information content (AvgIpc) is 2.97. The molecule has 6 heteroatoms. The third-order valence-corrected chi connectivity index (χ3v) is 5.10. The summed E-state index contributed by atoms with van der Waals surface area (Å²) in [5, 5.41) is 11.7. The highest BCUT2D eigenvalue weighted by molar-refractivity contribution is 6.31.